The van der Waals surface area contributed by atoms with Crippen molar-refractivity contribution < 1.29 is 61.5 Å². The lowest BCUT2D eigenvalue weighted by atomic mass is 9.78. The number of rotatable bonds is 11. The molecule has 2 N–H and O–H groups in total. The van der Waals surface area contributed by atoms with Gasteiger partial charge in [0.05, 0.1) is 48.5 Å². The van der Waals surface area contributed by atoms with E-state index in [4.69, 9.17) is 49.3 Å². The van der Waals surface area contributed by atoms with E-state index in [1.807, 2.05) is 12.1 Å². The Hall–Kier alpha value is -6.14. The number of carbonyl (C=O) groups is 4. The minimum atomic E-state index is -2.78. The number of nitrogens with zero attached hydrogens (tertiary/aromatic N) is 7. The lowest BCUT2D eigenvalue weighted by molar-refractivity contribution is -0.156. The zero-order valence-corrected chi connectivity index (χ0v) is 39.4. The van der Waals surface area contributed by atoms with Crippen LogP contribution in [0.3, 0.4) is 0 Å². The van der Waals surface area contributed by atoms with Crippen molar-refractivity contribution in [1.82, 2.24) is 14.4 Å². The van der Waals surface area contributed by atoms with Gasteiger partial charge in [-0.05, 0) is 51.7 Å². The second-order valence-electron chi connectivity index (χ2n) is 15.9. The van der Waals surface area contributed by atoms with Crippen LogP contribution < -0.4 is 10.1 Å². The molecule has 0 bridgehead atoms. The Morgan fingerprint density at radius 2 is 1.31 bits per heavy atom. The van der Waals surface area contributed by atoms with Crippen molar-refractivity contribution in [2.45, 2.75) is 77.1 Å². The zero-order valence-electron chi connectivity index (χ0n) is 37.8. The number of imidazole rings is 1. The third kappa shape index (κ3) is 13.5. The number of fused-ring (bicyclic) bond motifs is 1. The van der Waals surface area contributed by atoms with Crippen LogP contribution in [0.25, 0.3) is 5.65 Å². The maximum Gasteiger partial charge on any atom is 0.326 e. The summed E-state index contributed by atoms with van der Waals surface area (Å²) in [5, 5.41) is 47.9. The molecular weight excluding hydrogens is 958 g/mol. The van der Waals surface area contributed by atoms with Crippen LogP contribution in [0.4, 0.5) is 14.5 Å². The molecule has 4 aliphatic heterocycles. The minimum Gasteiger partial charge on any atom is -0.491 e. The number of nitriles is 4. The van der Waals surface area contributed by atoms with Gasteiger partial charge in [0.1, 0.15) is 39.3 Å². The summed E-state index contributed by atoms with van der Waals surface area (Å²) < 4.78 is 58.6. The summed E-state index contributed by atoms with van der Waals surface area (Å²) >= 11 is 3.08. The molecule has 7 rings (SSSR count). The van der Waals surface area contributed by atoms with E-state index in [0.29, 0.717) is 140 Å². The molecule has 4 aliphatic rings. The molecule has 68 heavy (non-hydrogen) atoms. The number of alkyl halides is 3. The molecule has 364 valence electrons. The lowest BCUT2D eigenvalue weighted by Gasteiger charge is -2.28. The predicted octanol–water partition coefficient (Wildman–Crippen LogP) is 6.42. The SMILES string of the molecule is CCOC(=O)C1(C#N)CCOCC1.CCOc1cc2nc(C3(C#N)CCOCC3)cn2cc1NC(=O)c1cccc(C(F)F)n1.N#CC1(C(=O)CBr)CCOCC1.N#CC1(C(=O)O)CCOCC1. The zero-order chi connectivity index (χ0) is 49.8. The fourth-order valence-corrected chi connectivity index (χ4v) is 7.93. The molecule has 3 aromatic rings. The Kier molecular flexibility index (Phi) is 20.7. The van der Waals surface area contributed by atoms with Crippen molar-refractivity contribution in [3.05, 3.63) is 53.7 Å². The summed E-state index contributed by atoms with van der Waals surface area (Å²) in [6.45, 7) is 7.89. The van der Waals surface area contributed by atoms with Crippen molar-refractivity contribution in [3.63, 3.8) is 0 Å². The molecule has 3 aromatic heterocycles. The van der Waals surface area contributed by atoms with Gasteiger partial charge >= 0.3 is 11.9 Å². The molecule has 0 atom stereocenters. The Morgan fingerprint density at radius 3 is 1.76 bits per heavy atom. The monoisotopic (exact) mass is 1010 g/mol. The van der Waals surface area contributed by atoms with E-state index in [0.717, 1.165) is 6.07 Å². The van der Waals surface area contributed by atoms with Crippen LogP contribution in [0.5, 0.6) is 5.75 Å². The number of ether oxygens (including phenoxy) is 6. The van der Waals surface area contributed by atoms with Gasteiger partial charge in [-0.3, -0.25) is 19.2 Å². The van der Waals surface area contributed by atoms with Gasteiger partial charge in [-0.1, -0.05) is 22.0 Å². The molecule has 0 saturated carbocycles. The maximum absolute atomic E-state index is 12.9. The summed E-state index contributed by atoms with van der Waals surface area (Å²) in [4.78, 5) is 54.5. The molecule has 0 spiro atoms. The van der Waals surface area contributed by atoms with E-state index in [9.17, 15) is 33.2 Å². The highest BCUT2D eigenvalue weighted by Gasteiger charge is 2.43. The number of halogens is 3. The molecule has 19 nitrogen and oxygen atoms in total. The number of amides is 1. The molecule has 0 aliphatic carbocycles. The Balaban J connectivity index is 0.000000229. The van der Waals surface area contributed by atoms with E-state index in [1.165, 1.54) is 12.1 Å². The Morgan fingerprint density at radius 1 is 0.779 bits per heavy atom. The van der Waals surface area contributed by atoms with Crippen molar-refractivity contribution in [1.29, 1.82) is 21.0 Å². The number of nitrogens with one attached hydrogen (secondary N) is 1. The van der Waals surface area contributed by atoms with Gasteiger partial charge in [0.15, 0.2) is 16.6 Å². The highest BCUT2D eigenvalue weighted by Crippen LogP contribution is 2.36. The summed E-state index contributed by atoms with van der Waals surface area (Å²) in [5.41, 5.74) is -2.75. The summed E-state index contributed by atoms with van der Waals surface area (Å²) in [6.07, 6.45) is 4.26. The summed E-state index contributed by atoms with van der Waals surface area (Å²) in [6, 6.07) is 13.9. The Bertz CT molecular complexity index is 2380. The topological polar surface area (TPSA) is 281 Å². The summed E-state index contributed by atoms with van der Waals surface area (Å²) in [7, 11) is 0. The Labute approximate surface area is 400 Å². The van der Waals surface area contributed by atoms with Crippen LogP contribution in [0.15, 0.2) is 36.7 Å². The van der Waals surface area contributed by atoms with Crippen LogP contribution >= 0.6 is 15.9 Å². The first kappa shape index (κ1) is 54.5. The second-order valence-corrected chi connectivity index (χ2v) is 16.4. The van der Waals surface area contributed by atoms with E-state index in [1.54, 1.807) is 36.7 Å². The number of aromatic nitrogens is 3. The molecule has 1 amide bonds. The molecule has 0 aromatic carbocycles. The number of carbonyl (C=O) groups excluding carboxylic acids is 3. The van der Waals surface area contributed by atoms with Crippen LogP contribution in [-0.4, -0.2) is 115 Å². The van der Waals surface area contributed by atoms with Crippen LogP contribution in [0.2, 0.25) is 0 Å². The van der Waals surface area contributed by atoms with Gasteiger partial charge in [-0.15, -0.1) is 0 Å². The molecule has 0 radical (unpaired) electrons. The normalized spacial score (nSPS) is 18.5. The van der Waals surface area contributed by atoms with E-state index >= 15 is 0 Å². The van der Waals surface area contributed by atoms with E-state index in [-0.39, 0.29) is 16.8 Å². The first-order chi connectivity index (χ1) is 32.7. The number of anilines is 1. The lowest BCUT2D eigenvalue weighted by Crippen LogP contribution is -2.37. The van der Waals surface area contributed by atoms with Crippen molar-refractivity contribution in [2.24, 2.45) is 16.2 Å². The fourth-order valence-electron chi connectivity index (χ4n) is 7.39. The third-order valence-corrected chi connectivity index (χ3v) is 12.3. The summed E-state index contributed by atoms with van der Waals surface area (Å²) in [5.74, 6) is -1.73. The van der Waals surface area contributed by atoms with Gasteiger partial charge < -0.3 is 43.2 Å². The average molecular weight is 1010 g/mol. The number of Topliss-reactive ketones (excluding diaryl/α,β-unsaturated/α-hetero) is 1. The number of ketones is 1. The van der Waals surface area contributed by atoms with Gasteiger partial charge in [-0.25, -0.2) is 18.7 Å². The van der Waals surface area contributed by atoms with E-state index in [2.05, 4.69) is 43.4 Å². The number of esters is 1. The number of carboxylic acids is 1. The minimum absolute atomic E-state index is 0.0201. The number of pyridine rings is 2. The largest absolute Gasteiger partial charge is 0.491 e. The predicted molar refractivity (Wildman–Crippen MR) is 238 cm³/mol. The highest BCUT2D eigenvalue weighted by atomic mass is 79.9. The standard InChI is InChI=1S/C22H21F2N5O3.C9H13NO3.C8H10BrNO2.C7H9NO3/c1-2-32-17-10-19-28-18(22(13-25)6-8-31-9-7-22)12-29(19)11-16(17)27-21(30)15-5-3-4-14(26-15)20(23)24;1-2-13-8(11)9(7-10)3-5-12-6-4-9;9-5-7(11)8(6-10)1-3-12-4-2-8;8-5-7(6(9)10)1-3-11-4-2-7/h3-5,10-12,20H,2,6-9H2,1H3,(H,27,30);2-6H2,1H3;1-5H2;1-4H2,(H,9,10). The molecule has 4 saturated heterocycles. The van der Waals surface area contributed by atoms with Gasteiger partial charge in [0.25, 0.3) is 12.3 Å². The molecule has 7 heterocycles. The first-order valence-electron chi connectivity index (χ1n) is 21.9. The van der Waals surface area contributed by atoms with Crippen LogP contribution in [0, 0.1) is 61.6 Å². The number of aliphatic carboxylic acids is 1. The van der Waals surface area contributed by atoms with Crippen LogP contribution in [-0.2, 0) is 43.5 Å². The number of hydrogen-bond donors (Lipinski definition) is 2. The molecule has 22 heteroatoms. The maximum atomic E-state index is 12.9. The van der Waals surface area contributed by atoms with E-state index < -0.39 is 51.6 Å². The molecule has 4 fully saturated rings. The third-order valence-electron chi connectivity index (χ3n) is 11.8. The molecular formula is C46H53BrF2N8O11. The smallest absolute Gasteiger partial charge is 0.326 e. The van der Waals surface area contributed by atoms with Crippen molar-refractivity contribution in [2.75, 3.05) is 76.7 Å². The van der Waals surface area contributed by atoms with Gasteiger partial charge in [0.2, 0.25) is 0 Å². The average Bonchev–Trinajstić information content (AvgIpc) is 3.81. The number of hydrogen-bond acceptors (Lipinski definition) is 16. The fraction of sp³-hybridized carbons (Fsp3) is 0.565. The second kappa shape index (κ2) is 25.8. The number of carboxylic acid groups (broad SMARTS) is 1. The van der Waals surface area contributed by atoms with Crippen molar-refractivity contribution in [3.8, 4) is 30.0 Å². The van der Waals surface area contributed by atoms with Gasteiger partial charge in [0, 0.05) is 97.0 Å². The van der Waals surface area contributed by atoms with Crippen molar-refractivity contribution >= 4 is 50.9 Å². The molecule has 0 unspecified atom stereocenters. The highest BCUT2D eigenvalue weighted by molar-refractivity contribution is 9.09. The van der Waals surface area contributed by atoms with Crippen LogP contribution in [0.1, 0.15) is 93.5 Å². The van der Waals surface area contributed by atoms with Gasteiger partial charge in [-0.2, -0.15) is 21.0 Å². The first-order valence-corrected chi connectivity index (χ1v) is 23.0. The quantitative estimate of drug-likeness (QED) is 0.155.